The van der Waals surface area contributed by atoms with Gasteiger partial charge in [0, 0.05) is 12.2 Å². The van der Waals surface area contributed by atoms with Gasteiger partial charge in [-0.2, -0.15) is 5.10 Å². The van der Waals surface area contributed by atoms with Crippen molar-refractivity contribution < 1.29 is 14.3 Å². The smallest absolute Gasteiger partial charge is 0.307 e. The SMILES string of the molecule is CCOC(=O)CCNC(=O)c1cn[nH]c1C. The first-order valence-corrected chi connectivity index (χ1v) is 5.09. The van der Waals surface area contributed by atoms with Gasteiger partial charge in [0.1, 0.15) is 0 Å². The summed E-state index contributed by atoms with van der Waals surface area (Å²) in [5.41, 5.74) is 1.19. The lowest BCUT2D eigenvalue weighted by molar-refractivity contribution is -0.142. The predicted octanol–water partition coefficient (Wildman–Crippen LogP) is 0.401. The van der Waals surface area contributed by atoms with Crippen molar-refractivity contribution in [2.45, 2.75) is 20.3 Å². The van der Waals surface area contributed by atoms with Crippen molar-refractivity contribution in [1.82, 2.24) is 15.5 Å². The first-order valence-electron chi connectivity index (χ1n) is 5.09. The van der Waals surface area contributed by atoms with Gasteiger partial charge in [-0.3, -0.25) is 14.7 Å². The van der Waals surface area contributed by atoms with Crippen LogP contribution in [-0.4, -0.2) is 35.2 Å². The first-order chi connectivity index (χ1) is 7.65. The van der Waals surface area contributed by atoms with Gasteiger partial charge >= 0.3 is 5.97 Å². The summed E-state index contributed by atoms with van der Waals surface area (Å²) in [5, 5.41) is 9.02. The average molecular weight is 225 g/mol. The fourth-order valence-corrected chi connectivity index (χ4v) is 1.19. The third-order valence-corrected chi connectivity index (χ3v) is 1.99. The van der Waals surface area contributed by atoms with Gasteiger partial charge in [0.15, 0.2) is 0 Å². The zero-order chi connectivity index (χ0) is 12.0. The Balaban J connectivity index is 2.31. The van der Waals surface area contributed by atoms with E-state index >= 15 is 0 Å². The van der Waals surface area contributed by atoms with Gasteiger partial charge in [-0.25, -0.2) is 0 Å². The molecule has 1 aromatic rings. The standard InChI is InChI=1S/C10H15N3O3/c1-3-16-9(14)4-5-11-10(15)8-6-12-13-7(8)2/h6H,3-5H2,1-2H3,(H,11,15)(H,12,13). The molecule has 0 fully saturated rings. The lowest BCUT2D eigenvalue weighted by atomic mass is 10.2. The third-order valence-electron chi connectivity index (χ3n) is 1.99. The third kappa shape index (κ3) is 3.38. The average Bonchev–Trinajstić information content (AvgIpc) is 2.64. The van der Waals surface area contributed by atoms with Crippen molar-refractivity contribution in [2.75, 3.05) is 13.2 Å². The fraction of sp³-hybridized carbons (Fsp3) is 0.500. The Morgan fingerprint density at radius 2 is 2.31 bits per heavy atom. The molecule has 0 spiro atoms. The summed E-state index contributed by atoms with van der Waals surface area (Å²) < 4.78 is 4.73. The highest BCUT2D eigenvalue weighted by Crippen LogP contribution is 2.01. The number of hydrogen-bond donors (Lipinski definition) is 2. The number of rotatable bonds is 5. The van der Waals surface area contributed by atoms with E-state index in [0.717, 1.165) is 0 Å². The molecule has 1 rings (SSSR count). The molecule has 0 bridgehead atoms. The number of amides is 1. The monoisotopic (exact) mass is 225 g/mol. The zero-order valence-electron chi connectivity index (χ0n) is 9.37. The molecule has 1 aromatic heterocycles. The summed E-state index contributed by atoms with van der Waals surface area (Å²) >= 11 is 0. The van der Waals surface area contributed by atoms with E-state index in [1.807, 2.05) is 0 Å². The first kappa shape index (κ1) is 12.2. The van der Waals surface area contributed by atoms with Crippen LogP contribution in [0.3, 0.4) is 0 Å². The van der Waals surface area contributed by atoms with Gasteiger partial charge in [-0.05, 0) is 13.8 Å². The molecule has 0 saturated carbocycles. The van der Waals surface area contributed by atoms with Crippen LogP contribution in [0, 0.1) is 6.92 Å². The van der Waals surface area contributed by atoms with Gasteiger partial charge in [0.25, 0.3) is 5.91 Å². The molecule has 0 aliphatic heterocycles. The maximum absolute atomic E-state index is 11.5. The number of ether oxygens (including phenoxy) is 1. The molecule has 6 nitrogen and oxygen atoms in total. The minimum atomic E-state index is -0.313. The maximum atomic E-state index is 11.5. The van der Waals surface area contributed by atoms with Crippen LogP contribution in [-0.2, 0) is 9.53 Å². The second-order valence-corrected chi connectivity index (χ2v) is 3.22. The van der Waals surface area contributed by atoms with Crippen molar-refractivity contribution in [3.8, 4) is 0 Å². The predicted molar refractivity (Wildman–Crippen MR) is 56.9 cm³/mol. The summed E-state index contributed by atoms with van der Waals surface area (Å²) in [4.78, 5) is 22.5. The number of hydrogen-bond acceptors (Lipinski definition) is 4. The molecule has 16 heavy (non-hydrogen) atoms. The van der Waals surface area contributed by atoms with E-state index in [2.05, 4.69) is 15.5 Å². The number of aromatic amines is 1. The van der Waals surface area contributed by atoms with E-state index < -0.39 is 0 Å². The van der Waals surface area contributed by atoms with Crippen molar-refractivity contribution in [3.63, 3.8) is 0 Å². The molecule has 1 heterocycles. The number of carbonyl (C=O) groups is 2. The number of aromatic nitrogens is 2. The van der Waals surface area contributed by atoms with E-state index in [1.165, 1.54) is 6.20 Å². The van der Waals surface area contributed by atoms with Gasteiger partial charge in [0.2, 0.25) is 0 Å². The van der Waals surface area contributed by atoms with Gasteiger partial charge < -0.3 is 10.1 Å². The van der Waals surface area contributed by atoms with Crippen LogP contribution in [0.4, 0.5) is 0 Å². The zero-order valence-corrected chi connectivity index (χ0v) is 9.37. The maximum Gasteiger partial charge on any atom is 0.307 e. The summed E-state index contributed by atoms with van der Waals surface area (Å²) in [5.74, 6) is -0.553. The summed E-state index contributed by atoms with van der Waals surface area (Å²) in [6, 6.07) is 0. The van der Waals surface area contributed by atoms with Crippen molar-refractivity contribution in [2.24, 2.45) is 0 Å². The van der Waals surface area contributed by atoms with Crippen molar-refractivity contribution in [1.29, 1.82) is 0 Å². The minimum absolute atomic E-state index is 0.177. The number of nitrogens with one attached hydrogen (secondary N) is 2. The number of esters is 1. The highest BCUT2D eigenvalue weighted by molar-refractivity contribution is 5.95. The van der Waals surface area contributed by atoms with Gasteiger partial charge in [-0.1, -0.05) is 0 Å². The normalized spacial score (nSPS) is 9.88. The molecule has 6 heteroatoms. The molecule has 0 aliphatic carbocycles. The fourth-order valence-electron chi connectivity index (χ4n) is 1.19. The number of carbonyl (C=O) groups excluding carboxylic acids is 2. The molecule has 0 unspecified atom stereocenters. The van der Waals surface area contributed by atoms with E-state index in [1.54, 1.807) is 13.8 Å². The highest BCUT2D eigenvalue weighted by Gasteiger charge is 2.10. The molecule has 1 amide bonds. The largest absolute Gasteiger partial charge is 0.466 e. The van der Waals surface area contributed by atoms with Crippen LogP contribution in [0.5, 0.6) is 0 Å². The molecule has 88 valence electrons. The summed E-state index contributed by atoms with van der Waals surface area (Å²) in [7, 11) is 0. The Morgan fingerprint density at radius 3 is 2.88 bits per heavy atom. The van der Waals surface area contributed by atoms with E-state index in [-0.39, 0.29) is 24.8 Å². The van der Waals surface area contributed by atoms with Gasteiger partial charge in [0.05, 0.1) is 24.8 Å². The Hall–Kier alpha value is -1.85. The summed E-state index contributed by atoms with van der Waals surface area (Å²) in [6.07, 6.45) is 1.63. The van der Waals surface area contributed by atoms with Crippen LogP contribution in [0.1, 0.15) is 29.4 Å². The molecular formula is C10H15N3O3. The lowest BCUT2D eigenvalue weighted by Gasteiger charge is -2.04. The molecule has 0 atom stereocenters. The molecule has 0 radical (unpaired) electrons. The molecular weight excluding hydrogens is 210 g/mol. The Morgan fingerprint density at radius 1 is 1.56 bits per heavy atom. The summed E-state index contributed by atoms with van der Waals surface area (Å²) in [6.45, 7) is 4.12. The van der Waals surface area contributed by atoms with Crippen molar-refractivity contribution >= 4 is 11.9 Å². The second-order valence-electron chi connectivity index (χ2n) is 3.22. The Labute approximate surface area is 93.4 Å². The Kier molecular flexibility index (Phi) is 4.50. The minimum Gasteiger partial charge on any atom is -0.466 e. The molecule has 0 aromatic carbocycles. The molecule has 0 aliphatic rings. The van der Waals surface area contributed by atoms with Crippen molar-refractivity contribution in [3.05, 3.63) is 17.5 Å². The number of H-pyrrole nitrogens is 1. The van der Waals surface area contributed by atoms with Crippen LogP contribution in [0.15, 0.2) is 6.20 Å². The topological polar surface area (TPSA) is 84.1 Å². The second kappa shape index (κ2) is 5.89. The quantitative estimate of drug-likeness (QED) is 0.710. The van der Waals surface area contributed by atoms with E-state index in [4.69, 9.17) is 4.74 Å². The molecule has 0 saturated heterocycles. The molecule has 2 N–H and O–H groups in total. The van der Waals surface area contributed by atoms with Crippen LogP contribution >= 0.6 is 0 Å². The highest BCUT2D eigenvalue weighted by atomic mass is 16.5. The lowest BCUT2D eigenvalue weighted by Crippen LogP contribution is -2.26. The van der Waals surface area contributed by atoms with Gasteiger partial charge in [-0.15, -0.1) is 0 Å². The number of aryl methyl sites for hydroxylation is 1. The van der Waals surface area contributed by atoms with Crippen LogP contribution < -0.4 is 5.32 Å². The van der Waals surface area contributed by atoms with Crippen LogP contribution in [0.2, 0.25) is 0 Å². The van der Waals surface area contributed by atoms with E-state index in [9.17, 15) is 9.59 Å². The number of nitrogens with zero attached hydrogens (tertiary/aromatic N) is 1. The van der Waals surface area contributed by atoms with Crippen LogP contribution in [0.25, 0.3) is 0 Å². The Bertz CT molecular complexity index is 373. The van der Waals surface area contributed by atoms with E-state index in [0.29, 0.717) is 17.9 Å².